The van der Waals surface area contributed by atoms with Crippen molar-refractivity contribution in [3.8, 4) is 5.69 Å². The highest BCUT2D eigenvalue weighted by molar-refractivity contribution is 5.85. The molecule has 2 aliphatic carbocycles. The quantitative estimate of drug-likeness (QED) is 0.877. The fourth-order valence-electron chi connectivity index (χ4n) is 4.05. The molecule has 1 heterocycles. The maximum atomic E-state index is 12.4. The van der Waals surface area contributed by atoms with Gasteiger partial charge in [-0.3, -0.25) is 4.79 Å². The summed E-state index contributed by atoms with van der Waals surface area (Å²) in [6, 6.07) is 9.07. The van der Waals surface area contributed by atoms with Gasteiger partial charge in [-0.2, -0.15) is 5.10 Å². The molecular formula is C19H21N3O3. The van der Waals surface area contributed by atoms with Crippen molar-refractivity contribution in [1.29, 1.82) is 0 Å². The van der Waals surface area contributed by atoms with Gasteiger partial charge < -0.3 is 10.4 Å². The van der Waals surface area contributed by atoms with Crippen molar-refractivity contribution in [2.75, 3.05) is 0 Å². The minimum atomic E-state index is -1.05. The van der Waals surface area contributed by atoms with Crippen LogP contribution in [0.15, 0.2) is 36.5 Å². The summed E-state index contributed by atoms with van der Waals surface area (Å²) in [5, 5.41) is 16.1. The highest BCUT2D eigenvalue weighted by Crippen LogP contribution is 2.62. The van der Waals surface area contributed by atoms with Gasteiger partial charge >= 0.3 is 5.97 Å². The largest absolute Gasteiger partial charge is 0.476 e. The molecule has 1 spiro atoms. The van der Waals surface area contributed by atoms with E-state index < -0.39 is 5.97 Å². The molecule has 0 bridgehead atoms. The number of hydrogen-bond acceptors (Lipinski definition) is 3. The Bertz CT molecular complexity index is 821. The molecule has 1 aromatic heterocycles. The predicted molar refractivity (Wildman–Crippen MR) is 91.4 cm³/mol. The van der Waals surface area contributed by atoms with Crippen molar-refractivity contribution in [3.05, 3.63) is 47.8 Å². The normalized spacial score (nSPS) is 20.6. The zero-order valence-electron chi connectivity index (χ0n) is 13.9. The van der Waals surface area contributed by atoms with Crippen LogP contribution < -0.4 is 5.32 Å². The van der Waals surface area contributed by atoms with E-state index in [1.807, 2.05) is 24.3 Å². The Kier molecular flexibility index (Phi) is 3.82. The number of carboxylic acids is 1. The highest BCUT2D eigenvalue weighted by Gasteiger charge is 2.58. The predicted octanol–water partition coefficient (Wildman–Crippen LogP) is 2.77. The molecule has 0 radical (unpaired) electrons. The first-order chi connectivity index (χ1) is 12.1. The monoisotopic (exact) mass is 339 g/mol. The lowest BCUT2D eigenvalue weighted by Gasteiger charge is -2.10. The van der Waals surface area contributed by atoms with Crippen molar-refractivity contribution >= 4 is 11.9 Å². The average molecular weight is 339 g/mol. The van der Waals surface area contributed by atoms with Crippen LogP contribution in [0, 0.1) is 11.3 Å². The number of hydrogen-bond donors (Lipinski definition) is 2. The number of aromatic carboxylic acids is 1. The molecule has 1 aromatic carbocycles. The molecule has 4 rings (SSSR count). The Labute approximate surface area is 145 Å². The van der Waals surface area contributed by atoms with E-state index in [1.165, 1.54) is 36.4 Å². The molecule has 0 aliphatic heterocycles. The second-order valence-electron chi connectivity index (χ2n) is 7.16. The summed E-state index contributed by atoms with van der Waals surface area (Å²) in [7, 11) is 0. The zero-order chi connectivity index (χ0) is 17.4. The molecule has 2 saturated carbocycles. The minimum absolute atomic E-state index is 0.00861. The Balaban J connectivity index is 1.40. The third kappa shape index (κ3) is 3.04. The first-order valence-corrected chi connectivity index (χ1v) is 8.73. The lowest BCUT2D eigenvalue weighted by Crippen LogP contribution is -2.26. The van der Waals surface area contributed by atoms with Crippen molar-refractivity contribution < 1.29 is 14.7 Å². The van der Waals surface area contributed by atoms with E-state index >= 15 is 0 Å². The van der Waals surface area contributed by atoms with Crippen molar-refractivity contribution in [2.45, 2.75) is 38.6 Å². The lowest BCUT2D eigenvalue weighted by molar-refractivity contribution is -0.123. The highest BCUT2D eigenvalue weighted by atomic mass is 16.4. The smallest absolute Gasteiger partial charge is 0.356 e. The van der Waals surface area contributed by atoms with Crippen LogP contribution in [0.2, 0.25) is 0 Å². The molecule has 1 unspecified atom stereocenters. The van der Waals surface area contributed by atoms with Crippen LogP contribution in [0.1, 0.15) is 48.2 Å². The standard InChI is InChI=1S/C19H21N3O3/c23-17(15-11-19(15)7-1-2-8-19)20-12-13-4-3-5-14(10-13)22-9-6-16(21-22)18(24)25/h3-6,9-10,15H,1-2,7-8,11-12H2,(H,20,23)(H,24,25). The summed E-state index contributed by atoms with van der Waals surface area (Å²) in [4.78, 5) is 23.3. The number of nitrogens with zero attached hydrogens (tertiary/aromatic N) is 2. The van der Waals surface area contributed by atoms with Crippen molar-refractivity contribution in [1.82, 2.24) is 15.1 Å². The molecule has 6 nitrogen and oxygen atoms in total. The Hall–Kier alpha value is -2.63. The van der Waals surface area contributed by atoms with E-state index in [0.717, 1.165) is 17.7 Å². The van der Waals surface area contributed by atoms with Crippen LogP contribution in [-0.2, 0) is 11.3 Å². The van der Waals surface area contributed by atoms with Gasteiger partial charge in [0.15, 0.2) is 5.69 Å². The van der Waals surface area contributed by atoms with E-state index in [4.69, 9.17) is 5.11 Å². The fourth-order valence-corrected chi connectivity index (χ4v) is 4.05. The summed E-state index contributed by atoms with van der Waals surface area (Å²) in [6.07, 6.45) is 7.58. The van der Waals surface area contributed by atoms with Crippen LogP contribution >= 0.6 is 0 Å². The van der Waals surface area contributed by atoms with E-state index in [2.05, 4.69) is 10.4 Å². The molecule has 1 amide bonds. The van der Waals surface area contributed by atoms with Crippen LogP contribution in [0.3, 0.4) is 0 Å². The van der Waals surface area contributed by atoms with Gasteiger partial charge in [-0.25, -0.2) is 9.48 Å². The lowest BCUT2D eigenvalue weighted by atomic mass is 10.0. The van der Waals surface area contributed by atoms with E-state index in [1.54, 1.807) is 6.20 Å². The topological polar surface area (TPSA) is 84.2 Å². The first kappa shape index (κ1) is 15.9. The number of carbonyl (C=O) groups excluding carboxylic acids is 1. The molecular weight excluding hydrogens is 318 g/mol. The second kappa shape index (κ2) is 6.02. The van der Waals surface area contributed by atoms with Gasteiger partial charge in [0.2, 0.25) is 5.91 Å². The fraction of sp³-hybridized carbons (Fsp3) is 0.421. The van der Waals surface area contributed by atoms with Crippen LogP contribution in [-0.4, -0.2) is 26.8 Å². The van der Waals surface area contributed by atoms with E-state index in [-0.39, 0.29) is 17.5 Å². The van der Waals surface area contributed by atoms with Crippen LogP contribution in [0.4, 0.5) is 0 Å². The molecule has 2 aromatic rings. The van der Waals surface area contributed by atoms with Gasteiger partial charge in [-0.05, 0) is 48.4 Å². The first-order valence-electron chi connectivity index (χ1n) is 8.73. The number of benzene rings is 1. The Morgan fingerprint density at radius 2 is 2.08 bits per heavy atom. The molecule has 2 N–H and O–H groups in total. The number of aromatic nitrogens is 2. The molecule has 25 heavy (non-hydrogen) atoms. The Morgan fingerprint density at radius 3 is 2.80 bits per heavy atom. The average Bonchev–Trinajstić information content (AvgIpc) is 2.96. The molecule has 1 atom stereocenters. The maximum absolute atomic E-state index is 12.4. The summed E-state index contributed by atoms with van der Waals surface area (Å²) in [6.45, 7) is 0.478. The van der Waals surface area contributed by atoms with Gasteiger partial charge in [0, 0.05) is 18.7 Å². The SMILES string of the molecule is O=C(O)c1ccn(-c2cccc(CNC(=O)C3CC34CCCC4)c2)n1. The number of rotatable bonds is 5. The molecule has 2 fully saturated rings. The van der Waals surface area contributed by atoms with Crippen LogP contribution in [0.25, 0.3) is 5.69 Å². The molecule has 2 aliphatic rings. The molecule has 0 saturated heterocycles. The van der Waals surface area contributed by atoms with Crippen molar-refractivity contribution in [3.63, 3.8) is 0 Å². The number of carbonyl (C=O) groups is 2. The Morgan fingerprint density at radius 1 is 1.28 bits per heavy atom. The summed E-state index contributed by atoms with van der Waals surface area (Å²) in [5.74, 6) is -0.686. The van der Waals surface area contributed by atoms with Gasteiger partial charge in [-0.15, -0.1) is 0 Å². The van der Waals surface area contributed by atoms with Gasteiger partial charge in [0.05, 0.1) is 5.69 Å². The van der Waals surface area contributed by atoms with Gasteiger partial charge in [0.1, 0.15) is 0 Å². The van der Waals surface area contributed by atoms with E-state index in [0.29, 0.717) is 12.0 Å². The van der Waals surface area contributed by atoms with Gasteiger partial charge in [-0.1, -0.05) is 25.0 Å². The third-order valence-electron chi connectivity index (χ3n) is 5.56. The van der Waals surface area contributed by atoms with Gasteiger partial charge in [0.25, 0.3) is 0 Å². The molecule has 6 heteroatoms. The second-order valence-corrected chi connectivity index (χ2v) is 7.16. The number of carboxylic acid groups (broad SMARTS) is 1. The number of amides is 1. The minimum Gasteiger partial charge on any atom is -0.476 e. The summed E-state index contributed by atoms with van der Waals surface area (Å²) >= 11 is 0. The molecule has 130 valence electrons. The van der Waals surface area contributed by atoms with Crippen LogP contribution in [0.5, 0.6) is 0 Å². The van der Waals surface area contributed by atoms with Crippen molar-refractivity contribution in [2.24, 2.45) is 11.3 Å². The maximum Gasteiger partial charge on any atom is 0.356 e. The van der Waals surface area contributed by atoms with E-state index in [9.17, 15) is 9.59 Å². The number of nitrogens with one attached hydrogen (secondary N) is 1. The summed E-state index contributed by atoms with van der Waals surface area (Å²) in [5.41, 5.74) is 2.07. The zero-order valence-corrected chi connectivity index (χ0v) is 13.9. The third-order valence-corrected chi connectivity index (χ3v) is 5.56. The summed E-state index contributed by atoms with van der Waals surface area (Å²) < 4.78 is 1.53.